The number of hydrogen-bond donors (Lipinski definition) is 1. The molecule has 5 nitrogen and oxygen atoms in total. The summed E-state index contributed by atoms with van der Waals surface area (Å²) in [5.41, 5.74) is 9.49. The first-order valence-electron chi connectivity index (χ1n) is 8.31. The van der Waals surface area contributed by atoms with Gasteiger partial charge in [0.1, 0.15) is 0 Å². The van der Waals surface area contributed by atoms with Crippen LogP contribution in [0, 0.1) is 6.92 Å². The van der Waals surface area contributed by atoms with E-state index < -0.39 is 0 Å². The largest absolute Gasteiger partial charge is 0.338 e. The number of anilines is 1. The highest BCUT2D eigenvalue weighted by atomic mass is 15.3. The van der Waals surface area contributed by atoms with Gasteiger partial charge in [-0.3, -0.25) is 4.90 Å². The quantitative estimate of drug-likeness (QED) is 0.900. The summed E-state index contributed by atoms with van der Waals surface area (Å²) in [7, 11) is 0. The topological polar surface area (TPSA) is 58.3 Å². The van der Waals surface area contributed by atoms with E-state index >= 15 is 0 Å². The van der Waals surface area contributed by atoms with Crippen molar-refractivity contribution >= 4 is 5.95 Å². The maximum atomic E-state index is 5.59. The normalized spacial score (nSPS) is 19.6. The SMILES string of the molecule is Cc1nc(N2CCN(CCCN)CC2)nc2c1CCCC2. The number of rotatable bonds is 4. The maximum absolute atomic E-state index is 5.59. The van der Waals surface area contributed by atoms with Crippen molar-refractivity contribution in [3.05, 3.63) is 17.0 Å². The first-order chi connectivity index (χ1) is 10.3. The van der Waals surface area contributed by atoms with Crippen LogP contribution in [0.5, 0.6) is 0 Å². The first-order valence-corrected chi connectivity index (χ1v) is 8.31. The minimum Gasteiger partial charge on any atom is -0.338 e. The smallest absolute Gasteiger partial charge is 0.225 e. The average Bonchev–Trinajstić information content (AvgIpc) is 2.53. The molecule has 0 unspecified atom stereocenters. The molecule has 2 N–H and O–H groups in total. The summed E-state index contributed by atoms with van der Waals surface area (Å²) in [6.45, 7) is 8.30. The average molecular weight is 289 g/mol. The minimum absolute atomic E-state index is 0.785. The van der Waals surface area contributed by atoms with E-state index in [1.807, 2.05) is 0 Å². The van der Waals surface area contributed by atoms with Crippen LogP contribution in [0.4, 0.5) is 5.95 Å². The second-order valence-corrected chi connectivity index (χ2v) is 6.21. The molecule has 1 fully saturated rings. The van der Waals surface area contributed by atoms with Gasteiger partial charge in [-0.1, -0.05) is 0 Å². The molecule has 3 rings (SSSR count). The Labute approximate surface area is 127 Å². The zero-order valence-corrected chi connectivity index (χ0v) is 13.1. The molecule has 5 heteroatoms. The molecule has 0 amide bonds. The van der Waals surface area contributed by atoms with Gasteiger partial charge in [-0.15, -0.1) is 0 Å². The molecule has 2 aliphatic rings. The minimum atomic E-state index is 0.785. The molecular weight excluding hydrogens is 262 g/mol. The molecule has 0 aromatic carbocycles. The summed E-state index contributed by atoms with van der Waals surface area (Å²) >= 11 is 0. The Hall–Kier alpha value is -1.20. The van der Waals surface area contributed by atoms with Crippen molar-refractivity contribution in [2.24, 2.45) is 5.73 Å². The molecule has 1 aliphatic carbocycles. The van der Waals surface area contributed by atoms with Crippen LogP contribution in [0.2, 0.25) is 0 Å². The van der Waals surface area contributed by atoms with Gasteiger partial charge < -0.3 is 10.6 Å². The standard InChI is InChI=1S/C16H27N5/c1-13-14-5-2-3-6-15(14)19-16(18-13)21-11-9-20(10-12-21)8-4-7-17/h2-12,17H2,1H3. The number of piperazine rings is 1. The molecule has 1 aliphatic heterocycles. The lowest BCUT2D eigenvalue weighted by molar-refractivity contribution is 0.255. The second kappa shape index (κ2) is 6.71. The van der Waals surface area contributed by atoms with Crippen molar-refractivity contribution < 1.29 is 0 Å². The van der Waals surface area contributed by atoms with E-state index in [0.29, 0.717) is 0 Å². The number of aromatic nitrogens is 2. The van der Waals surface area contributed by atoms with Gasteiger partial charge in [0.25, 0.3) is 0 Å². The highest BCUT2D eigenvalue weighted by Crippen LogP contribution is 2.24. The van der Waals surface area contributed by atoms with Crippen molar-refractivity contribution in [1.29, 1.82) is 0 Å². The fraction of sp³-hybridized carbons (Fsp3) is 0.750. The van der Waals surface area contributed by atoms with Crippen molar-refractivity contribution in [3.8, 4) is 0 Å². The number of nitrogens with zero attached hydrogens (tertiary/aromatic N) is 4. The van der Waals surface area contributed by atoms with E-state index in [1.54, 1.807) is 0 Å². The molecule has 1 aromatic rings. The summed E-state index contributed by atoms with van der Waals surface area (Å²) in [5, 5.41) is 0. The number of hydrogen-bond acceptors (Lipinski definition) is 5. The van der Waals surface area contributed by atoms with Crippen LogP contribution in [0.3, 0.4) is 0 Å². The van der Waals surface area contributed by atoms with Gasteiger partial charge in [0.15, 0.2) is 0 Å². The Balaban J connectivity index is 1.67. The van der Waals surface area contributed by atoms with Crippen LogP contribution in [0.25, 0.3) is 0 Å². The molecular formula is C16H27N5. The maximum Gasteiger partial charge on any atom is 0.225 e. The van der Waals surface area contributed by atoms with Gasteiger partial charge in [0.05, 0.1) is 0 Å². The van der Waals surface area contributed by atoms with Crippen molar-refractivity contribution in [1.82, 2.24) is 14.9 Å². The fourth-order valence-electron chi connectivity index (χ4n) is 3.39. The highest BCUT2D eigenvalue weighted by Gasteiger charge is 2.21. The van der Waals surface area contributed by atoms with Gasteiger partial charge in [-0.05, 0) is 57.7 Å². The second-order valence-electron chi connectivity index (χ2n) is 6.21. The fourth-order valence-corrected chi connectivity index (χ4v) is 3.39. The lowest BCUT2D eigenvalue weighted by Gasteiger charge is -2.35. The monoisotopic (exact) mass is 289 g/mol. The van der Waals surface area contributed by atoms with Gasteiger partial charge in [0, 0.05) is 37.6 Å². The molecule has 0 bridgehead atoms. The van der Waals surface area contributed by atoms with Crippen molar-refractivity contribution in [2.75, 3.05) is 44.2 Å². The zero-order valence-electron chi connectivity index (χ0n) is 13.1. The Morgan fingerprint density at radius 1 is 1.05 bits per heavy atom. The third kappa shape index (κ3) is 3.35. The van der Waals surface area contributed by atoms with Gasteiger partial charge >= 0.3 is 0 Å². The summed E-state index contributed by atoms with van der Waals surface area (Å²) < 4.78 is 0. The summed E-state index contributed by atoms with van der Waals surface area (Å²) in [5.74, 6) is 0.951. The Morgan fingerprint density at radius 2 is 1.81 bits per heavy atom. The van der Waals surface area contributed by atoms with Crippen LogP contribution in [0.15, 0.2) is 0 Å². The predicted octanol–water partition coefficient (Wildman–Crippen LogP) is 1.13. The van der Waals surface area contributed by atoms with Crippen LogP contribution in [-0.4, -0.2) is 54.1 Å². The van der Waals surface area contributed by atoms with E-state index in [4.69, 9.17) is 15.7 Å². The van der Waals surface area contributed by atoms with Crippen LogP contribution in [0.1, 0.15) is 36.2 Å². The van der Waals surface area contributed by atoms with Crippen LogP contribution in [-0.2, 0) is 12.8 Å². The molecule has 1 saturated heterocycles. The first kappa shape index (κ1) is 14.7. The molecule has 116 valence electrons. The molecule has 21 heavy (non-hydrogen) atoms. The van der Waals surface area contributed by atoms with Crippen molar-refractivity contribution in [3.63, 3.8) is 0 Å². The van der Waals surface area contributed by atoms with Gasteiger partial charge in [-0.2, -0.15) is 0 Å². The third-order valence-electron chi connectivity index (χ3n) is 4.71. The summed E-state index contributed by atoms with van der Waals surface area (Å²) in [6, 6.07) is 0. The summed E-state index contributed by atoms with van der Waals surface area (Å²) in [4.78, 5) is 14.5. The van der Waals surface area contributed by atoms with E-state index in [1.165, 1.54) is 29.8 Å². The predicted molar refractivity (Wildman–Crippen MR) is 85.7 cm³/mol. The van der Waals surface area contributed by atoms with Crippen LogP contribution >= 0.6 is 0 Å². The zero-order chi connectivity index (χ0) is 14.7. The number of fused-ring (bicyclic) bond motifs is 1. The van der Waals surface area contributed by atoms with E-state index in [2.05, 4.69) is 16.7 Å². The van der Waals surface area contributed by atoms with Crippen LogP contribution < -0.4 is 10.6 Å². The Morgan fingerprint density at radius 3 is 2.57 bits per heavy atom. The van der Waals surface area contributed by atoms with Crippen molar-refractivity contribution in [2.45, 2.75) is 39.0 Å². The van der Waals surface area contributed by atoms with Gasteiger partial charge in [0.2, 0.25) is 5.95 Å². The van der Waals surface area contributed by atoms with E-state index in [9.17, 15) is 0 Å². The molecule has 0 radical (unpaired) electrons. The molecule has 1 aromatic heterocycles. The highest BCUT2D eigenvalue weighted by molar-refractivity contribution is 5.38. The molecule has 0 spiro atoms. The third-order valence-corrected chi connectivity index (χ3v) is 4.71. The molecule has 2 heterocycles. The van der Waals surface area contributed by atoms with E-state index in [-0.39, 0.29) is 0 Å². The summed E-state index contributed by atoms with van der Waals surface area (Å²) in [6.07, 6.45) is 5.94. The number of nitrogens with two attached hydrogens (primary N) is 1. The van der Waals surface area contributed by atoms with Gasteiger partial charge in [-0.25, -0.2) is 9.97 Å². The lowest BCUT2D eigenvalue weighted by Crippen LogP contribution is -2.47. The Bertz CT molecular complexity index is 480. The molecule has 0 saturated carbocycles. The van der Waals surface area contributed by atoms with E-state index in [0.717, 1.165) is 64.5 Å². The molecule has 0 atom stereocenters. The number of aryl methyl sites for hydroxylation is 2. The Kier molecular flexibility index (Phi) is 4.70. The lowest BCUT2D eigenvalue weighted by atomic mass is 9.95.